The van der Waals surface area contributed by atoms with Crippen molar-refractivity contribution in [3.8, 4) is 17.3 Å². The van der Waals surface area contributed by atoms with Gasteiger partial charge in [-0.15, -0.1) is 0 Å². The first-order chi connectivity index (χ1) is 13.6. The Kier molecular flexibility index (Phi) is 5.25. The summed E-state index contributed by atoms with van der Waals surface area (Å²) in [5.41, 5.74) is 3.53. The zero-order valence-corrected chi connectivity index (χ0v) is 16.4. The van der Waals surface area contributed by atoms with Crippen LogP contribution in [0.3, 0.4) is 0 Å². The maximum Gasteiger partial charge on any atom is 0.253 e. The van der Waals surface area contributed by atoms with E-state index in [9.17, 15) is 10.1 Å². The fourth-order valence-electron chi connectivity index (χ4n) is 4.43. The van der Waals surface area contributed by atoms with Gasteiger partial charge in [0.1, 0.15) is 0 Å². The van der Waals surface area contributed by atoms with E-state index in [1.165, 1.54) is 0 Å². The van der Waals surface area contributed by atoms with Crippen LogP contribution in [0, 0.1) is 11.5 Å². The van der Waals surface area contributed by atoms with E-state index in [0.29, 0.717) is 17.2 Å². The van der Waals surface area contributed by atoms with E-state index in [1.807, 2.05) is 35.2 Å². The van der Waals surface area contributed by atoms with Crippen molar-refractivity contribution in [2.75, 3.05) is 7.11 Å². The van der Waals surface area contributed by atoms with Gasteiger partial charge in [0.25, 0.3) is 5.91 Å². The molecule has 0 unspecified atom stereocenters. The highest BCUT2D eigenvalue weighted by Gasteiger charge is 2.46. The van der Waals surface area contributed by atoms with Crippen molar-refractivity contribution in [3.63, 3.8) is 0 Å². The van der Waals surface area contributed by atoms with Crippen molar-refractivity contribution in [2.45, 2.75) is 44.0 Å². The summed E-state index contributed by atoms with van der Waals surface area (Å²) in [5.74, 6) is -0.180. The van der Waals surface area contributed by atoms with E-state index >= 15 is 0 Å². The van der Waals surface area contributed by atoms with Gasteiger partial charge in [-0.3, -0.25) is 4.79 Å². The van der Waals surface area contributed by atoms with Gasteiger partial charge in [-0.2, -0.15) is 5.26 Å². The number of rotatable bonds is 5. The van der Waals surface area contributed by atoms with Crippen LogP contribution in [0.25, 0.3) is 11.1 Å². The molecular weight excluding hydrogens is 374 g/mol. The summed E-state index contributed by atoms with van der Waals surface area (Å²) in [7, 11) is 1.67. The lowest BCUT2D eigenvalue weighted by molar-refractivity contribution is 0.0928. The number of benzene rings is 2. The van der Waals surface area contributed by atoms with Crippen LogP contribution in [0.4, 0.5) is 0 Å². The molecule has 3 atom stereocenters. The van der Waals surface area contributed by atoms with E-state index in [1.54, 1.807) is 13.2 Å². The second-order valence-electron chi connectivity index (χ2n) is 7.45. The molecule has 6 heteroatoms. The molecule has 0 saturated carbocycles. The number of methoxy groups -OCH3 is 1. The minimum Gasteiger partial charge on any atom is -0.380 e. The van der Waals surface area contributed by atoms with Crippen molar-refractivity contribution in [1.29, 1.82) is 5.26 Å². The number of hydrogen-bond acceptors (Lipinski definition) is 4. The highest BCUT2D eigenvalue weighted by Crippen LogP contribution is 2.37. The van der Waals surface area contributed by atoms with Gasteiger partial charge in [0.2, 0.25) is 0 Å². The number of nitriles is 1. The molecule has 144 valence electrons. The van der Waals surface area contributed by atoms with Gasteiger partial charge in [0.15, 0.2) is 6.19 Å². The second kappa shape index (κ2) is 7.83. The molecular formula is C22H22ClN3O2. The lowest BCUT2D eigenvalue weighted by atomic mass is 9.95. The molecule has 0 aliphatic carbocycles. The van der Waals surface area contributed by atoms with Crippen LogP contribution in [-0.2, 0) is 11.3 Å². The topological polar surface area (TPSA) is 65.4 Å². The minimum atomic E-state index is -0.180. The van der Waals surface area contributed by atoms with Gasteiger partial charge >= 0.3 is 0 Å². The van der Waals surface area contributed by atoms with Crippen molar-refractivity contribution in [3.05, 3.63) is 58.6 Å². The first-order valence-electron chi connectivity index (χ1n) is 9.47. The summed E-state index contributed by atoms with van der Waals surface area (Å²) in [6.07, 6.45) is 5.07. The van der Waals surface area contributed by atoms with Crippen molar-refractivity contribution >= 4 is 17.5 Å². The fraction of sp³-hybridized carbons (Fsp3) is 0.364. The number of halogens is 1. The van der Waals surface area contributed by atoms with E-state index in [4.69, 9.17) is 16.3 Å². The third-order valence-electron chi connectivity index (χ3n) is 5.75. The first kappa shape index (κ1) is 18.8. The first-order valence-corrected chi connectivity index (χ1v) is 9.85. The Morgan fingerprint density at radius 3 is 2.82 bits per heavy atom. The zero-order valence-electron chi connectivity index (χ0n) is 15.7. The summed E-state index contributed by atoms with van der Waals surface area (Å²) in [6.45, 7) is 0.547. The number of amides is 1. The van der Waals surface area contributed by atoms with E-state index in [-0.39, 0.29) is 24.0 Å². The molecule has 4 rings (SSSR count). The quantitative estimate of drug-likeness (QED) is 0.778. The molecule has 5 nitrogen and oxygen atoms in total. The molecule has 2 saturated heterocycles. The molecule has 2 aromatic carbocycles. The van der Waals surface area contributed by atoms with Gasteiger partial charge < -0.3 is 15.0 Å². The van der Waals surface area contributed by atoms with E-state index < -0.39 is 0 Å². The van der Waals surface area contributed by atoms with Gasteiger partial charge in [-0.25, -0.2) is 0 Å². The average Bonchev–Trinajstić information content (AvgIpc) is 3.25. The summed E-state index contributed by atoms with van der Waals surface area (Å²) < 4.78 is 5.19. The standard InChI is InChI=1S/C22H22ClN3O2/c1-28-12-14-3-2-4-15(9-14)16-5-7-18(19(23)10-16)22(27)25-20-11-17-6-8-21(20)26(17)13-24/h2-5,7,9-10,17,20-21H,6,8,11-12H2,1H3,(H,25,27)/t17-,20+,21+/m0/s1. The maximum absolute atomic E-state index is 12.8. The minimum absolute atomic E-state index is 0.00682. The number of hydrogen-bond donors (Lipinski definition) is 1. The van der Waals surface area contributed by atoms with Gasteiger partial charge in [0.05, 0.1) is 29.3 Å². The van der Waals surface area contributed by atoms with Crippen LogP contribution < -0.4 is 5.32 Å². The highest BCUT2D eigenvalue weighted by molar-refractivity contribution is 6.34. The molecule has 0 radical (unpaired) electrons. The molecule has 2 aliphatic rings. The number of ether oxygens (including phenoxy) is 1. The number of carbonyl (C=O) groups is 1. The zero-order chi connectivity index (χ0) is 19.7. The Hall–Kier alpha value is -2.55. The number of nitrogens with zero attached hydrogens (tertiary/aromatic N) is 2. The molecule has 0 aromatic heterocycles. The van der Waals surface area contributed by atoms with E-state index in [0.717, 1.165) is 36.0 Å². The Morgan fingerprint density at radius 1 is 1.29 bits per heavy atom. The molecule has 28 heavy (non-hydrogen) atoms. The molecule has 2 fully saturated rings. The number of nitrogens with one attached hydrogen (secondary N) is 1. The Balaban J connectivity index is 1.50. The Bertz CT molecular complexity index is 940. The highest BCUT2D eigenvalue weighted by atomic mass is 35.5. The maximum atomic E-state index is 12.8. The van der Waals surface area contributed by atoms with Gasteiger partial charge in [-0.1, -0.05) is 35.9 Å². The van der Waals surface area contributed by atoms with Crippen molar-refractivity contribution in [2.24, 2.45) is 0 Å². The number of carbonyl (C=O) groups excluding carboxylic acids is 1. The summed E-state index contributed by atoms with van der Waals surface area (Å²) in [5, 5.41) is 12.8. The van der Waals surface area contributed by atoms with Crippen LogP contribution in [0.15, 0.2) is 42.5 Å². The molecule has 2 heterocycles. The molecule has 2 aliphatic heterocycles. The number of fused-ring (bicyclic) bond motifs is 2. The largest absolute Gasteiger partial charge is 0.380 e. The van der Waals surface area contributed by atoms with Crippen LogP contribution >= 0.6 is 11.6 Å². The smallest absolute Gasteiger partial charge is 0.253 e. The Labute approximate surface area is 169 Å². The Morgan fingerprint density at radius 2 is 2.11 bits per heavy atom. The molecule has 1 N–H and O–H groups in total. The summed E-state index contributed by atoms with van der Waals surface area (Å²) in [4.78, 5) is 14.6. The predicted molar refractivity (Wildman–Crippen MR) is 108 cm³/mol. The third-order valence-corrected chi connectivity index (χ3v) is 6.07. The van der Waals surface area contributed by atoms with Crippen LogP contribution in [0.2, 0.25) is 5.02 Å². The van der Waals surface area contributed by atoms with Crippen LogP contribution in [0.5, 0.6) is 0 Å². The predicted octanol–water partition coefficient (Wildman–Crippen LogP) is 3.97. The van der Waals surface area contributed by atoms with E-state index in [2.05, 4.69) is 17.6 Å². The SMILES string of the molecule is COCc1cccc(-c2ccc(C(=O)N[C@@H]3C[C@@H]4CC[C@H]3N4C#N)c(Cl)c2)c1. The second-order valence-corrected chi connectivity index (χ2v) is 7.86. The van der Waals surface area contributed by atoms with Crippen LogP contribution in [-0.4, -0.2) is 36.0 Å². The van der Waals surface area contributed by atoms with Gasteiger partial charge in [0, 0.05) is 13.2 Å². The molecule has 1 amide bonds. The third kappa shape index (κ3) is 3.46. The molecule has 2 aromatic rings. The van der Waals surface area contributed by atoms with Crippen molar-refractivity contribution < 1.29 is 9.53 Å². The summed E-state index contributed by atoms with van der Waals surface area (Å²) >= 11 is 6.45. The summed E-state index contributed by atoms with van der Waals surface area (Å²) in [6, 6.07) is 13.9. The normalized spacial score (nSPS) is 22.9. The van der Waals surface area contributed by atoms with Gasteiger partial charge in [-0.05, 0) is 54.2 Å². The lowest BCUT2D eigenvalue weighted by Gasteiger charge is -2.22. The fourth-order valence-corrected chi connectivity index (χ4v) is 4.70. The monoisotopic (exact) mass is 395 g/mol. The van der Waals surface area contributed by atoms with Crippen LogP contribution in [0.1, 0.15) is 35.2 Å². The average molecular weight is 396 g/mol. The molecule has 0 spiro atoms. The van der Waals surface area contributed by atoms with Crippen molar-refractivity contribution in [1.82, 2.24) is 10.2 Å². The molecule has 2 bridgehead atoms. The lowest BCUT2D eigenvalue weighted by Crippen LogP contribution is -2.43.